The second-order valence-corrected chi connectivity index (χ2v) is 8.56. The number of rotatable bonds is 18. The molecule has 1 heteroatoms. The van der Waals surface area contributed by atoms with Crippen molar-refractivity contribution in [3.63, 3.8) is 0 Å². The Kier molecular flexibility index (Phi) is 16.3. The molecule has 0 nitrogen and oxygen atoms in total. The second kappa shape index (κ2) is 18.0. The molecule has 0 bridgehead atoms. The van der Waals surface area contributed by atoms with Gasteiger partial charge in [0, 0.05) is 0 Å². The van der Waals surface area contributed by atoms with Gasteiger partial charge in [0.1, 0.15) is 0 Å². The highest BCUT2D eigenvalue weighted by Gasteiger charge is 1.96. The molecule has 0 heterocycles. The first-order chi connectivity index (χ1) is 12.8. The quantitative estimate of drug-likeness (QED) is 0.192. The van der Waals surface area contributed by atoms with Gasteiger partial charge in [-0.25, -0.2) is 0 Å². The minimum absolute atomic E-state index is 1.06. The summed E-state index contributed by atoms with van der Waals surface area (Å²) >= 11 is 4.26. The summed E-state index contributed by atoms with van der Waals surface area (Å²) in [6.45, 7) is 2.16. The van der Waals surface area contributed by atoms with Gasteiger partial charge in [0.05, 0.1) is 0 Å². The third-order valence-corrected chi connectivity index (χ3v) is 5.81. The van der Waals surface area contributed by atoms with Crippen molar-refractivity contribution in [1.82, 2.24) is 0 Å². The van der Waals surface area contributed by atoms with Gasteiger partial charge in [-0.1, -0.05) is 120 Å². The predicted molar refractivity (Wildman–Crippen MR) is 123 cm³/mol. The van der Waals surface area contributed by atoms with Gasteiger partial charge in [-0.3, -0.25) is 0 Å². The Morgan fingerprint density at radius 3 is 1.23 bits per heavy atom. The van der Waals surface area contributed by atoms with Crippen LogP contribution < -0.4 is 0 Å². The first-order valence-electron chi connectivity index (χ1n) is 11.5. The van der Waals surface area contributed by atoms with E-state index >= 15 is 0 Å². The van der Waals surface area contributed by atoms with E-state index < -0.39 is 0 Å². The van der Waals surface area contributed by atoms with Crippen molar-refractivity contribution in [2.45, 2.75) is 116 Å². The van der Waals surface area contributed by atoms with Crippen LogP contribution in [-0.4, -0.2) is 5.75 Å². The van der Waals surface area contributed by atoms with E-state index in [4.69, 9.17) is 0 Å². The van der Waals surface area contributed by atoms with E-state index in [2.05, 4.69) is 43.8 Å². The molecule has 1 aromatic carbocycles. The normalized spacial score (nSPS) is 11.2. The maximum absolute atomic E-state index is 4.26. The van der Waals surface area contributed by atoms with Crippen LogP contribution in [0.2, 0.25) is 0 Å². The maximum Gasteiger partial charge on any atom is -0.00979 e. The first kappa shape index (κ1) is 23.6. The summed E-state index contributed by atoms with van der Waals surface area (Å²) in [7, 11) is 0. The van der Waals surface area contributed by atoms with Crippen molar-refractivity contribution < 1.29 is 0 Å². The second-order valence-electron chi connectivity index (χ2n) is 8.12. The van der Waals surface area contributed by atoms with Gasteiger partial charge in [-0.2, -0.15) is 12.6 Å². The molecule has 0 aliphatic heterocycles. The molecule has 0 aromatic heterocycles. The fourth-order valence-corrected chi connectivity index (χ4v) is 3.89. The van der Waals surface area contributed by atoms with Crippen LogP contribution in [-0.2, 0) is 6.42 Å². The molecule has 0 saturated carbocycles. The molecule has 150 valence electrons. The number of hydrogen-bond acceptors (Lipinski definition) is 1. The molecular formula is C25H44S. The van der Waals surface area contributed by atoms with Crippen molar-refractivity contribution in [3.8, 4) is 0 Å². The topological polar surface area (TPSA) is 0 Å². The molecule has 0 unspecified atom stereocenters. The molecular weight excluding hydrogens is 332 g/mol. The number of hydrogen-bond donors (Lipinski definition) is 1. The smallest absolute Gasteiger partial charge is 0.00979 e. The van der Waals surface area contributed by atoms with E-state index in [-0.39, 0.29) is 0 Å². The van der Waals surface area contributed by atoms with Gasteiger partial charge in [-0.05, 0) is 37.5 Å². The van der Waals surface area contributed by atoms with Gasteiger partial charge in [0.2, 0.25) is 0 Å². The van der Waals surface area contributed by atoms with E-state index in [9.17, 15) is 0 Å². The van der Waals surface area contributed by atoms with Crippen LogP contribution in [0.1, 0.15) is 114 Å². The van der Waals surface area contributed by atoms with Crippen molar-refractivity contribution in [1.29, 1.82) is 0 Å². The number of unbranched alkanes of at least 4 members (excludes halogenated alkanes) is 15. The number of benzene rings is 1. The summed E-state index contributed by atoms with van der Waals surface area (Å²) in [6, 6.07) is 9.05. The standard InChI is InChI=1S/C25H44S/c1-24-19-21-25(22-20-24)18-16-14-12-10-8-6-4-2-3-5-7-9-11-13-15-17-23-26/h19-22,26H,2-18,23H2,1H3. The number of aryl methyl sites for hydroxylation is 2. The molecule has 0 saturated heterocycles. The Hall–Kier alpha value is -0.430. The first-order valence-corrected chi connectivity index (χ1v) is 12.1. The molecule has 1 rings (SSSR count). The molecule has 0 atom stereocenters. The predicted octanol–water partition coefficient (Wildman–Crippen LogP) is 8.71. The third kappa shape index (κ3) is 14.7. The summed E-state index contributed by atoms with van der Waals surface area (Å²) in [6.07, 6.45) is 24.1. The Balaban J connectivity index is 1.72. The van der Waals surface area contributed by atoms with E-state index in [0.29, 0.717) is 0 Å². The van der Waals surface area contributed by atoms with Crippen molar-refractivity contribution in [2.75, 3.05) is 5.75 Å². The van der Waals surface area contributed by atoms with Gasteiger partial charge >= 0.3 is 0 Å². The molecule has 0 aliphatic rings. The fraction of sp³-hybridized carbons (Fsp3) is 0.760. The molecule has 0 spiro atoms. The fourth-order valence-electron chi connectivity index (χ4n) is 3.67. The lowest BCUT2D eigenvalue weighted by Gasteiger charge is -2.04. The van der Waals surface area contributed by atoms with Crippen LogP contribution in [0.5, 0.6) is 0 Å². The average molecular weight is 377 g/mol. The lowest BCUT2D eigenvalue weighted by atomic mass is 10.0. The van der Waals surface area contributed by atoms with Crippen LogP contribution in [0.15, 0.2) is 24.3 Å². The monoisotopic (exact) mass is 376 g/mol. The molecule has 0 radical (unpaired) electrons. The van der Waals surface area contributed by atoms with Gasteiger partial charge in [-0.15, -0.1) is 0 Å². The van der Waals surface area contributed by atoms with Crippen molar-refractivity contribution in [3.05, 3.63) is 35.4 Å². The summed E-state index contributed by atoms with van der Waals surface area (Å²) in [4.78, 5) is 0. The molecule has 0 aliphatic carbocycles. The molecule has 0 fully saturated rings. The van der Waals surface area contributed by atoms with E-state index in [1.807, 2.05) is 0 Å². The summed E-state index contributed by atoms with van der Waals surface area (Å²) in [5.74, 6) is 1.06. The SMILES string of the molecule is Cc1ccc(CCCCCCCCCCCCCCCCCCS)cc1. The van der Waals surface area contributed by atoms with Gasteiger partial charge in [0.15, 0.2) is 0 Å². The lowest BCUT2D eigenvalue weighted by molar-refractivity contribution is 0.530. The van der Waals surface area contributed by atoms with E-state index in [0.717, 1.165) is 5.75 Å². The highest BCUT2D eigenvalue weighted by Crippen LogP contribution is 2.14. The zero-order valence-electron chi connectivity index (χ0n) is 17.5. The Morgan fingerprint density at radius 2 is 0.846 bits per heavy atom. The minimum Gasteiger partial charge on any atom is -0.179 e. The van der Waals surface area contributed by atoms with Crippen LogP contribution >= 0.6 is 12.6 Å². The third-order valence-electron chi connectivity index (χ3n) is 5.49. The molecule has 0 N–H and O–H groups in total. The van der Waals surface area contributed by atoms with Crippen molar-refractivity contribution in [2.24, 2.45) is 0 Å². The van der Waals surface area contributed by atoms with E-state index in [1.165, 1.54) is 120 Å². The molecule has 1 aromatic rings. The summed E-state index contributed by atoms with van der Waals surface area (Å²) in [5, 5.41) is 0. The Labute approximate surface area is 170 Å². The largest absolute Gasteiger partial charge is 0.179 e. The Morgan fingerprint density at radius 1 is 0.500 bits per heavy atom. The summed E-state index contributed by atoms with van der Waals surface area (Å²) < 4.78 is 0. The van der Waals surface area contributed by atoms with Gasteiger partial charge < -0.3 is 0 Å². The number of thiol groups is 1. The Bertz CT molecular complexity index is 395. The highest BCUT2D eigenvalue weighted by molar-refractivity contribution is 7.80. The maximum atomic E-state index is 4.26. The van der Waals surface area contributed by atoms with Crippen molar-refractivity contribution >= 4 is 12.6 Å². The zero-order valence-corrected chi connectivity index (χ0v) is 18.4. The van der Waals surface area contributed by atoms with Crippen LogP contribution in [0.4, 0.5) is 0 Å². The zero-order chi connectivity index (χ0) is 18.7. The lowest BCUT2D eigenvalue weighted by Crippen LogP contribution is -1.87. The van der Waals surface area contributed by atoms with Crippen LogP contribution in [0, 0.1) is 6.92 Å². The highest BCUT2D eigenvalue weighted by atomic mass is 32.1. The average Bonchev–Trinajstić information content (AvgIpc) is 2.66. The molecule has 0 amide bonds. The molecule has 26 heavy (non-hydrogen) atoms. The van der Waals surface area contributed by atoms with E-state index in [1.54, 1.807) is 0 Å². The van der Waals surface area contributed by atoms with Crippen LogP contribution in [0.3, 0.4) is 0 Å². The minimum atomic E-state index is 1.06. The van der Waals surface area contributed by atoms with Gasteiger partial charge in [0.25, 0.3) is 0 Å². The summed E-state index contributed by atoms with van der Waals surface area (Å²) in [5.41, 5.74) is 2.88. The van der Waals surface area contributed by atoms with Crippen LogP contribution in [0.25, 0.3) is 0 Å².